The number of fused-ring (bicyclic) bond motifs is 3. The molecule has 0 unspecified atom stereocenters. The third kappa shape index (κ3) is 3.85. The number of ketones is 1. The Balaban J connectivity index is 1.56. The van der Waals surface area contributed by atoms with Gasteiger partial charge in [0.2, 0.25) is 5.58 Å². The van der Waals surface area contributed by atoms with Crippen molar-refractivity contribution in [3.8, 4) is 23.0 Å². The molecule has 0 amide bonds. The maximum atomic E-state index is 12.3. The van der Waals surface area contributed by atoms with Gasteiger partial charge in [-0.3, -0.25) is 4.79 Å². The number of rotatable bonds is 7. The average molecular weight is 422 g/mol. The average Bonchev–Trinajstić information content (AvgIpc) is 3.22. The fourth-order valence-corrected chi connectivity index (χ4v) is 3.65. The first-order valence-corrected chi connectivity index (χ1v) is 10.8. The summed E-state index contributed by atoms with van der Waals surface area (Å²) >= 11 is 0. The third-order valence-electron chi connectivity index (χ3n) is 5.37. The Morgan fingerprint density at radius 1 is 0.906 bits per heavy atom. The first-order valence-electron chi connectivity index (χ1n) is 10.8. The van der Waals surface area contributed by atoms with Crippen molar-refractivity contribution in [2.45, 2.75) is 26.2 Å². The summed E-state index contributed by atoms with van der Waals surface area (Å²) in [4.78, 5) is 21.7. The minimum atomic E-state index is 0.145. The number of carbonyl (C=O) groups excluding carboxylic acids is 1. The van der Waals surface area contributed by atoms with Crippen molar-refractivity contribution in [1.82, 2.24) is 9.97 Å². The molecule has 2 heterocycles. The molecular weight excluding hydrogens is 400 g/mol. The number of nitrogens with zero attached hydrogens (tertiary/aromatic N) is 2. The van der Waals surface area contributed by atoms with Gasteiger partial charge in [-0.2, -0.15) is 4.98 Å². The zero-order chi connectivity index (χ0) is 21.9. The fourth-order valence-electron chi connectivity index (χ4n) is 3.65. The number of ether oxygens (including phenoxy) is 1. The van der Waals surface area contributed by atoms with Crippen LogP contribution in [0.25, 0.3) is 33.5 Å². The van der Waals surface area contributed by atoms with Gasteiger partial charge in [0.05, 0.1) is 0 Å². The smallest absolute Gasteiger partial charge is 0.267 e. The first-order chi connectivity index (χ1) is 15.7. The van der Waals surface area contributed by atoms with E-state index in [0.717, 1.165) is 29.4 Å². The van der Waals surface area contributed by atoms with Gasteiger partial charge in [-0.05, 0) is 42.8 Å². The molecule has 0 bridgehead atoms. The number of Topliss-reactive ketones (excluding diaryl/α,β-unsaturated/α-hetero) is 1. The molecule has 3 aromatic carbocycles. The highest BCUT2D eigenvalue weighted by atomic mass is 16.5. The number of furan rings is 1. The van der Waals surface area contributed by atoms with E-state index in [1.54, 1.807) is 24.3 Å². The lowest BCUT2D eigenvalue weighted by molar-refractivity contribution is 0.0980. The number of carbonyl (C=O) groups is 1. The number of para-hydroxylation sites is 1. The van der Waals surface area contributed by atoms with Gasteiger partial charge in [0, 0.05) is 22.9 Å². The SMILES string of the molecule is CCCCC(=O)c1ccc(Oc2nc(-c3ccccc3)nc3c2oc2ccccc23)cc1. The van der Waals surface area contributed by atoms with Gasteiger partial charge < -0.3 is 9.15 Å². The van der Waals surface area contributed by atoms with Crippen molar-refractivity contribution in [3.63, 3.8) is 0 Å². The van der Waals surface area contributed by atoms with Crippen LogP contribution in [0.15, 0.2) is 83.3 Å². The normalized spacial score (nSPS) is 11.2. The van der Waals surface area contributed by atoms with Crippen LogP contribution in [0.1, 0.15) is 36.5 Å². The molecular formula is C27H22N2O3. The number of hydrogen-bond donors (Lipinski definition) is 0. The Bertz CT molecular complexity index is 1390. The Hall–Kier alpha value is -3.99. The van der Waals surface area contributed by atoms with Crippen molar-refractivity contribution < 1.29 is 13.9 Å². The van der Waals surface area contributed by atoms with Crippen LogP contribution < -0.4 is 4.74 Å². The van der Waals surface area contributed by atoms with E-state index in [9.17, 15) is 4.79 Å². The van der Waals surface area contributed by atoms with Crippen LogP contribution >= 0.6 is 0 Å². The maximum Gasteiger partial charge on any atom is 0.267 e. The summed E-state index contributed by atoms with van der Waals surface area (Å²) in [5, 5.41) is 0.906. The molecule has 5 aromatic rings. The van der Waals surface area contributed by atoms with Crippen molar-refractivity contribution in [3.05, 3.63) is 84.4 Å². The van der Waals surface area contributed by atoms with Gasteiger partial charge in [-0.25, -0.2) is 4.98 Å². The largest absolute Gasteiger partial charge is 0.449 e. The van der Waals surface area contributed by atoms with E-state index in [1.807, 2.05) is 54.6 Å². The third-order valence-corrected chi connectivity index (χ3v) is 5.37. The molecule has 0 aliphatic heterocycles. The maximum absolute atomic E-state index is 12.3. The number of aromatic nitrogens is 2. The molecule has 2 aromatic heterocycles. The number of hydrogen-bond acceptors (Lipinski definition) is 5. The second-order valence-corrected chi connectivity index (χ2v) is 7.65. The monoisotopic (exact) mass is 422 g/mol. The van der Waals surface area contributed by atoms with E-state index in [2.05, 4.69) is 11.9 Å². The second kappa shape index (κ2) is 8.63. The zero-order valence-electron chi connectivity index (χ0n) is 17.7. The van der Waals surface area contributed by atoms with Gasteiger partial charge in [0.1, 0.15) is 16.8 Å². The predicted molar refractivity (Wildman–Crippen MR) is 125 cm³/mol. The highest BCUT2D eigenvalue weighted by Gasteiger charge is 2.18. The minimum absolute atomic E-state index is 0.145. The van der Waals surface area contributed by atoms with Crippen LogP contribution in [-0.2, 0) is 0 Å². The molecule has 5 rings (SSSR count). The summed E-state index contributed by atoms with van der Waals surface area (Å²) in [6.45, 7) is 2.08. The van der Waals surface area contributed by atoms with E-state index >= 15 is 0 Å². The second-order valence-electron chi connectivity index (χ2n) is 7.65. The Labute approximate surface area is 185 Å². The Morgan fingerprint density at radius 3 is 2.44 bits per heavy atom. The van der Waals surface area contributed by atoms with Crippen molar-refractivity contribution in [2.75, 3.05) is 0 Å². The van der Waals surface area contributed by atoms with Crippen LogP contribution in [0, 0.1) is 0 Å². The van der Waals surface area contributed by atoms with Gasteiger partial charge >= 0.3 is 0 Å². The molecule has 158 valence electrons. The molecule has 0 saturated heterocycles. The standard InChI is InChI=1S/C27H22N2O3/c1-2-3-12-22(30)18-14-16-20(17-15-18)31-27-25-24(21-11-7-8-13-23(21)32-25)28-26(29-27)19-9-5-4-6-10-19/h4-11,13-17H,2-3,12H2,1H3. The van der Waals surface area contributed by atoms with E-state index in [0.29, 0.717) is 40.5 Å². The lowest BCUT2D eigenvalue weighted by atomic mass is 10.1. The van der Waals surface area contributed by atoms with Gasteiger partial charge in [-0.1, -0.05) is 55.8 Å². The number of benzene rings is 3. The van der Waals surface area contributed by atoms with Crippen LogP contribution in [0.3, 0.4) is 0 Å². The highest BCUT2D eigenvalue weighted by molar-refractivity contribution is 6.04. The molecule has 0 fully saturated rings. The molecule has 0 aliphatic carbocycles. The molecule has 0 spiro atoms. The summed E-state index contributed by atoms with van der Waals surface area (Å²) < 4.78 is 12.2. The van der Waals surface area contributed by atoms with E-state index in [-0.39, 0.29) is 5.78 Å². The molecule has 0 N–H and O–H groups in total. The first kappa shape index (κ1) is 19.9. The van der Waals surface area contributed by atoms with Gasteiger partial charge in [-0.15, -0.1) is 0 Å². The Morgan fingerprint density at radius 2 is 1.66 bits per heavy atom. The molecule has 0 saturated carbocycles. The topological polar surface area (TPSA) is 65.2 Å². The van der Waals surface area contributed by atoms with Crippen LogP contribution in [0.5, 0.6) is 11.6 Å². The number of unbranched alkanes of at least 4 members (excludes halogenated alkanes) is 1. The van der Waals surface area contributed by atoms with Crippen molar-refractivity contribution in [1.29, 1.82) is 0 Å². The molecule has 5 heteroatoms. The molecule has 5 nitrogen and oxygen atoms in total. The molecule has 0 radical (unpaired) electrons. The molecule has 32 heavy (non-hydrogen) atoms. The molecule has 0 aliphatic rings. The summed E-state index contributed by atoms with van der Waals surface area (Å²) in [6, 6.07) is 24.7. The van der Waals surface area contributed by atoms with E-state index < -0.39 is 0 Å². The quantitative estimate of drug-likeness (QED) is 0.259. The van der Waals surface area contributed by atoms with Gasteiger partial charge in [0.25, 0.3) is 5.88 Å². The summed E-state index contributed by atoms with van der Waals surface area (Å²) in [5.41, 5.74) is 3.50. The Kier molecular flexibility index (Phi) is 5.38. The van der Waals surface area contributed by atoms with Crippen molar-refractivity contribution in [2.24, 2.45) is 0 Å². The predicted octanol–water partition coefficient (Wildman–Crippen LogP) is 7.21. The van der Waals surface area contributed by atoms with E-state index in [4.69, 9.17) is 14.1 Å². The van der Waals surface area contributed by atoms with Crippen molar-refractivity contribution >= 4 is 27.9 Å². The summed E-state index contributed by atoms with van der Waals surface area (Å²) in [6.07, 6.45) is 2.45. The molecule has 0 atom stereocenters. The minimum Gasteiger partial charge on any atom is -0.449 e. The van der Waals surface area contributed by atoms with Crippen LogP contribution in [0.2, 0.25) is 0 Å². The van der Waals surface area contributed by atoms with E-state index in [1.165, 1.54) is 0 Å². The zero-order valence-corrected chi connectivity index (χ0v) is 17.7. The van der Waals surface area contributed by atoms with Crippen LogP contribution in [-0.4, -0.2) is 15.8 Å². The van der Waals surface area contributed by atoms with Crippen LogP contribution in [0.4, 0.5) is 0 Å². The highest BCUT2D eigenvalue weighted by Crippen LogP contribution is 2.36. The summed E-state index contributed by atoms with van der Waals surface area (Å²) in [5.74, 6) is 1.63. The lowest BCUT2D eigenvalue weighted by Gasteiger charge is -2.08. The summed E-state index contributed by atoms with van der Waals surface area (Å²) in [7, 11) is 0. The fraction of sp³-hybridized carbons (Fsp3) is 0.148. The van der Waals surface area contributed by atoms with Gasteiger partial charge in [0.15, 0.2) is 11.6 Å². The lowest BCUT2D eigenvalue weighted by Crippen LogP contribution is -1.99.